The van der Waals surface area contributed by atoms with Crippen LogP contribution in [0.1, 0.15) is 12.0 Å². The van der Waals surface area contributed by atoms with E-state index < -0.39 is 23.4 Å². The molecule has 1 heterocycles. The Hall–Kier alpha value is -2.24. The van der Waals surface area contributed by atoms with Gasteiger partial charge in [0, 0.05) is 46.0 Å². The van der Waals surface area contributed by atoms with E-state index in [1.165, 1.54) is 24.3 Å². The minimum Gasteiger partial charge on any atom is -0.507 e. The molecule has 0 spiro atoms. The highest BCUT2D eigenvalue weighted by atomic mass is 35.5. The van der Waals surface area contributed by atoms with Crippen LogP contribution >= 0.6 is 23.4 Å². The van der Waals surface area contributed by atoms with Gasteiger partial charge in [-0.3, -0.25) is 4.79 Å². The van der Waals surface area contributed by atoms with E-state index in [0.717, 1.165) is 23.9 Å². The number of aromatic amines is 1. The van der Waals surface area contributed by atoms with Gasteiger partial charge in [0.05, 0.1) is 16.6 Å². The molecule has 1 aromatic heterocycles. The average Bonchev–Trinajstić information content (AvgIpc) is 2.75. The molecule has 5 N–H and O–H groups in total. The van der Waals surface area contributed by atoms with Crippen molar-refractivity contribution in [3.05, 3.63) is 57.3 Å². The number of aliphatic hydroxyl groups is 2. The fourth-order valence-corrected chi connectivity index (χ4v) is 4.47. The van der Waals surface area contributed by atoms with Crippen LogP contribution in [-0.4, -0.2) is 51.9 Å². The van der Waals surface area contributed by atoms with Crippen LogP contribution in [-0.2, 0) is 6.18 Å². The van der Waals surface area contributed by atoms with Gasteiger partial charge in [-0.1, -0.05) is 11.6 Å². The number of pyridine rings is 1. The van der Waals surface area contributed by atoms with Gasteiger partial charge in [-0.15, -0.1) is 11.8 Å². The van der Waals surface area contributed by atoms with Crippen molar-refractivity contribution in [2.24, 2.45) is 0 Å². The summed E-state index contributed by atoms with van der Waals surface area (Å²) in [5.41, 5.74) is -1.10. The molecule has 6 nitrogen and oxygen atoms in total. The Balaban J connectivity index is 2.10. The summed E-state index contributed by atoms with van der Waals surface area (Å²) in [6, 6.07) is 7.05. The molecule has 178 valence electrons. The first kappa shape index (κ1) is 25.4. The van der Waals surface area contributed by atoms with Crippen LogP contribution in [0.25, 0.3) is 22.0 Å². The van der Waals surface area contributed by atoms with Gasteiger partial charge in [0.15, 0.2) is 0 Å². The molecule has 0 amide bonds. The zero-order chi connectivity index (χ0) is 24.2. The van der Waals surface area contributed by atoms with Crippen molar-refractivity contribution < 1.29 is 28.5 Å². The second kappa shape index (κ2) is 10.8. The number of fused-ring (bicyclic) bond motifs is 1. The van der Waals surface area contributed by atoms with Crippen molar-refractivity contribution in [2.45, 2.75) is 23.6 Å². The Morgan fingerprint density at radius 2 is 1.94 bits per heavy atom. The van der Waals surface area contributed by atoms with Crippen LogP contribution in [0.5, 0.6) is 5.75 Å². The van der Waals surface area contributed by atoms with Gasteiger partial charge < -0.3 is 25.6 Å². The number of aromatic hydroxyl groups is 1. The molecule has 0 aliphatic carbocycles. The number of phenols is 1. The van der Waals surface area contributed by atoms with Gasteiger partial charge >= 0.3 is 6.18 Å². The number of nitrogens with one attached hydrogen (secondary N) is 2. The third-order valence-electron chi connectivity index (χ3n) is 4.84. The highest BCUT2D eigenvalue weighted by molar-refractivity contribution is 7.99. The topological polar surface area (TPSA) is 106 Å². The molecule has 0 saturated carbocycles. The SMILES string of the molecule is O=c1[nH]c2ccc(C(F)(F)F)cc2c(-c2cc(Cl)ccc2O)c1SCC(O)CNCCCO. The van der Waals surface area contributed by atoms with Crippen molar-refractivity contribution in [2.75, 3.05) is 25.4 Å². The molecule has 3 aromatic rings. The number of hydrogen-bond donors (Lipinski definition) is 5. The number of thioether (sulfide) groups is 1. The molecule has 11 heteroatoms. The Morgan fingerprint density at radius 1 is 1.18 bits per heavy atom. The van der Waals surface area contributed by atoms with Crippen LogP contribution in [0, 0.1) is 0 Å². The second-order valence-corrected chi connectivity index (χ2v) is 8.79. The number of rotatable bonds is 9. The molecule has 1 atom stereocenters. The molecule has 1 unspecified atom stereocenters. The quantitative estimate of drug-likeness (QED) is 0.224. The van der Waals surface area contributed by atoms with Crippen LogP contribution in [0.2, 0.25) is 5.02 Å². The van der Waals surface area contributed by atoms with Gasteiger partial charge in [0.1, 0.15) is 5.75 Å². The summed E-state index contributed by atoms with van der Waals surface area (Å²) in [6.07, 6.45) is -4.96. The number of alkyl halides is 3. The zero-order valence-electron chi connectivity index (χ0n) is 17.2. The third-order valence-corrected chi connectivity index (χ3v) is 6.30. The van der Waals surface area contributed by atoms with E-state index in [2.05, 4.69) is 10.3 Å². The van der Waals surface area contributed by atoms with Gasteiger partial charge in [-0.25, -0.2) is 0 Å². The number of benzene rings is 2. The standard InChI is InChI=1S/C22H22ClF3N2O4S/c23-13-3-5-18(31)16(9-13)19-15-8-12(22(24,25)26)2-4-17(15)28-21(32)20(19)33-11-14(30)10-27-6-1-7-29/h2-5,8-9,14,27,29-31H,1,6-7,10-11H2,(H,28,32). The van der Waals surface area contributed by atoms with Gasteiger partial charge in [-0.2, -0.15) is 13.2 Å². The van der Waals surface area contributed by atoms with E-state index in [9.17, 15) is 28.2 Å². The maximum absolute atomic E-state index is 13.4. The smallest absolute Gasteiger partial charge is 0.416 e. The van der Waals surface area contributed by atoms with E-state index in [4.69, 9.17) is 16.7 Å². The van der Waals surface area contributed by atoms with Crippen molar-refractivity contribution >= 4 is 34.3 Å². The van der Waals surface area contributed by atoms with E-state index >= 15 is 0 Å². The number of aliphatic hydroxyl groups excluding tert-OH is 2. The third kappa shape index (κ3) is 6.21. The number of aromatic nitrogens is 1. The van der Waals surface area contributed by atoms with Crippen molar-refractivity contribution in [3.8, 4) is 16.9 Å². The minimum atomic E-state index is -4.61. The highest BCUT2D eigenvalue weighted by Crippen LogP contribution is 2.42. The van der Waals surface area contributed by atoms with Crippen LogP contribution < -0.4 is 10.9 Å². The summed E-state index contributed by atoms with van der Waals surface area (Å²) in [4.78, 5) is 15.5. The number of H-pyrrole nitrogens is 1. The summed E-state index contributed by atoms with van der Waals surface area (Å²) in [5, 5.41) is 32.8. The van der Waals surface area contributed by atoms with E-state index in [1.807, 2.05) is 0 Å². The first-order valence-electron chi connectivity index (χ1n) is 10.0. The van der Waals surface area contributed by atoms with Crippen LogP contribution in [0.3, 0.4) is 0 Å². The van der Waals surface area contributed by atoms with Crippen molar-refractivity contribution in [3.63, 3.8) is 0 Å². The lowest BCUT2D eigenvalue weighted by molar-refractivity contribution is -0.137. The van der Waals surface area contributed by atoms with Crippen LogP contribution in [0.4, 0.5) is 13.2 Å². The lowest BCUT2D eigenvalue weighted by Gasteiger charge is -2.17. The average molecular weight is 503 g/mol. The highest BCUT2D eigenvalue weighted by Gasteiger charge is 2.31. The molecular weight excluding hydrogens is 481 g/mol. The molecule has 0 bridgehead atoms. The van der Waals surface area contributed by atoms with E-state index in [0.29, 0.717) is 13.0 Å². The van der Waals surface area contributed by atoms with E-state index in [-0.39, 0.29) is 56.6 Å². The molecule has 0 aliphatic heterocycles. The molecule has 0 aliphatic rings. The predicted molar refractivity (Wildman–Crippen MR) is 123 cm³/mol. The number of hydrogen-bond acceptors (Lipinski definition) is 6. The number of halogens is 4. The lowest BCUT2D eigenvalue weighted by Crippen LogP contribution is -2.29. The monoisotopic (exact) mass is 502 g/mol. The zero-order valence-corrected chi connectivity index (χ0v) is 18.8. The Morgan fingerprint density at radius 3 is 2.64 bits per heavy atom. The molecule has 0 fully saturated rings. The summed E-state index contributed by atoms with van der Waals surface area (Å²) < 4.78 is 40.2. The largest absolute Gasteiger partial charge is 0.507 e. The maximum Gasteiger partial charge on any atom is 0.416 e. The van der Waals surface area contributed by atoms with Gasteiger partial charge in [-0.05, 0) is 49.4 Å². The second-order valence-electron chi connectivity index (χ2n) is 7.32. The fourth-order valence-electron chi connectivity index (χ4n) is 3.28. The Kier molecular flexibility index (Phi) is 8.30. The Labute approximate surface area is 196 Å². The summed E-state index contributed by atoms with van der Waals surface area (Å²) in [6.45, 7) is 0.710. The first-order valence-corrected chi connectivity index (χ1v) is 11.4. The number of phenolic OH excluding ortho intramolecular Hbond substituents is 1. The first-order chi connectivity index (χ1) is 15.6. The molecule has 3 rings (SSSR count). The van der Waals surface area contributed by atoms with Gasteiger partial charge in [0.25, 0.3) is 5.56 Å². The molecule has 33 heavy (non-hydrogen) atoms. The predicted octanol–water partition coefficient (Wildman–Crippen LogP) is 4.00. The lowest BCUT2D eigenvalue weighted by atomic mass is 9.98. The molecule has 0 saturated heterocycles. The molecular formula is C22H22ClF3N2O4S. The molecule has 2 aromatic carbocycles. The van der Waals surface area contributed by atoms with Crippen molar-refractivity contribution in [1.82, 2.24) is 10.3 Å². The van der Waals surface area contributed by atoms with Gasteiger partial charge in [0.2, 0.25) is 0 Å². The summed E-state index contributed by atoms with van der Waals surface area (Å²) >= 11 is 7.04. The maximum atomic E-state index is 13.4. The normalized spacial score (nSPS) is 12.9. The fraction of sp³-hybridized carbons (Fsp3) is 0.318. The molecule has 0 radical (unpaired) electrons. The van der Waals surface area contributed by atoms with E-state index in [1.54, 1.807) is 0 Å². The van der Waals surface area contributed by atoms with Crippen molar-refractivity contribution in [1.29, 1.82) is 0 Å². The summed E-state index contributed by atoms with van der Waals surface area (Å²) in [5.74, 6) is -0.189. The minimum absolute atomic E-state index is 0.0106. The van der Waals surface area contributed by atoms with Crippen LogP contribution in [0.15, 0.2) is 46.1 Å². The Bertz CT molecular complexity index is 1190. The summed E-state index contributed by atoms with van der Waals surface area (Å²) in [7, 11) is 0.